The zero-order valence-electron chi connectivity index (χ0n) is 12.0. The van der Waals surface area contributed by atoms with Crippen molar-refractivity contribution in [1.82, 2.24) is 9.27 Å². The minimum atomic E-state index is 0.105. The molecule has 0 radical (unpaired) electrons. The van der Waals surface area contributed by atoms with Crippen LogP contribution in [0.2, 0.25) is 0 Å². The van der Waals surface area contributed by atoms with Gasteiger partial charge in [0.25, 0.3) is 0 Å². The lowest BCUT2D eigenvalue weighted by Gasteiger charge is -2.22. The van der Waals surface area contributed by atoms with Gasteiger partial charge in [-0.2, -0.15) is 4.37 Å². The van der Waals surface area contributed by atoms with Crippen LogP contribution in [0.15, 0.2) is 0 Å². The first kappa shape index (κ1) is 14.4. The van der Waals surface area contributed by atoms with Crippen LogP contribution in [0.4, 0.5) is 10.8 Å². The lowest BCUT2D eigenvalue weighted by Crippen LogP contribution is -2.32. The predicted octanol–water partition coefficient (Wildman–Crippen LogP) is 2.41. The first-order valence-corrected chi connectivity index (χ1v) is 7.74. The number of likely N-dealkylation sites (tertiary alicyclic amines) is 1. The Hall–Kier alpha value is -1.01. The molecule has 5 nitrogen and oxygen atoms in total. The van der Waals surface area contributed by atoms with Crippen molar-refractivity contribution < 1.29 is 4.74 Å². The fraction of sp³-hybridized carbons (Fsp3) is 0.769. The zero-order valence-corrected chi connectivity index (χ0v) is 12.8. The van der Waals surface area contributed by atoms with Crippen LogP contribution < -0.4 is 15.8 Å². The number of rotatable bonds is 6. The molecule has 0 aromatic carbocycles. The van der Waals surface area contributed by atoms with Gasteiger partial charge in [-0.1, -0.05) is 0 Å². The molecular formula is C13H24N4OS. The summed E-state index contributed by atoms with van der Waals surface area (Å²) >= 11 is 1.37. The molecule has 6 heteroatoms. The molecule has 0 saturated carbocycles. The van der Waals surface area contributed by atoms with E-state index in [9.17, 15) is 0 Å². The summed E-state index contributed by atoms with van der Waals surface area (Å²) < 4.78 is 9.91. The highest BCUT2D eigenvalue weighted by molar-refractivity contribution is 7.11. The number of aromatic nitrogens is 1. The van der Waals surface area contributed by atoms with Crippen molar-refractivity contribution in [3.05, 3.63) is 0 Å². The second kappa shape index (κ2) is 6.43. The Morgan fingerprint density at radius 1 is 1.37 bits per heavy atom. The standard InChI is InChI=1S/C13H24N4OS/c1-9(2)18-11-12(14)16-19-13(11)15-10(3)8-17-6-4-5-7-17/h9-10,15H,4-8H2,1-3H3,(H2,14,16). The van der Waals surface area contributed by atoms with E-state index in [4.69, 9.17) is 10.5 Å². The van der Waals surface area contributed by atoms with Crippen LogP contribution in [0.1, 0.15) is 33.6 Å². The second-order valence-electron chi connectivity index (χ2n) is 5.45. The summed E-state index contributed by atoms with van der Waals surface area (Å²) in [7, 11) is 0. The minimum absolute atomic E-state index is 0.105. The summed E-state index contributed by atoms with van der Waals surface area (Å²) in [5.74, 6) is 1.18. The maximum Gasteiger partial charge on any atom is 0.197 e. The Bertz CT molecular complexity index is 401. The number of nitrogens with zero attached hydrogens (tertiary/aromatic N) is 2. The summed E-state index contributed by atoms with van der Waals surface area (Å²) in [5.41, 5.74) is 5.85. The highest BCUT2D eigenvalue weighted by Crippen LogP contribution is 2.36. The highest BCUT2D eigenvalue weighted by atomic mass is 32.1. The number of nitrogens with one attached hydrogen (secondary N) is 1. The van der Waals surface area contributed by atoms with Crippen LogP contribution in [0, 0.1) is 0 Å². The minimum Gasteiger partial charge on any atom is -0.484 e. The summed E-state index contributed by atoms with van der Waals surface area (Å²) in [6.07, 6.45) is 2.75. The van der Waals surface area contributed by atoms with Crippen LogP contribution in [0.25, 0.3) is 0 Å². The van der Waals surface area contributed by atoms with Crippen LogP contribution in [0.3, 0.4) is 0 Å². The molecule has 1 saturated heterocycles. The lowest BCUT2D eigenvalue weighted by molar-refractivity contribution is 0.245. The van der Waals surface area contributed by atoms with Gasteiger partial charge in [0.15, 0.2) is 16.6 Å². The number of anilines is 2. The molecule has 1 aliphatic heterocycles. The van der Waals surface area contributed by atoms with Gasteiger partial charge in [0.2, 0.25) is 0 Å². The first-order valence-electron chi connectivity index (χ1n) is 6.97. The number of hydrogen-bond donors (Lipinski definition) is 2. The highest BCUT2D eigenvalue weighted by Gasteiger charge is 2.19. The average Bonchev–Trinajstić information content (AvgIpc) is 2.93. The van der Waals surface area contributed by atoms with Crippen molar-refractivity contribution in [1.29, 1.82) is 0 Å². The monoisotopic (exact) mass is 284 g/mol. The van der Waals surface area contributed by atoms with Gasteiger partial charge >= 0.3 is 0 Å². The Balaban J connectivity index is 1.93. The van der Waals surface area contributed by atoms with Gasteiger partial charge in [-0.25, -0.2) is 0 Å². The fourth-order valence-corrected chi connectivity index (χ4v) is 3.12. The number of nitrogen functional groups attached to an aromatic ring is 1. The summed E-state index contributed by atoms with van der Waals surface area (Å²) in [4.78, 5) is 2.49. The number of hydrogen-bond acceptors (Lipinski definition) is 6. The molecule has 19 heavy (non-hydrogen) atoms. The van der Waals surface area contributed by atoms with Crippen molar-refractivity contribution in [3.63, 3.8) is 0 Å². The van der Waals surface area contributed by atoms with E-state index in [2.05, 4.69) is 21.5 Å². The third-order valence-corrected chi connectivity index (χ3v) is 3.91. The van der Waals surface area contributed by atoms with Crippen molar-refractivity contribution in [3.8, 4) is 5.75 Å². The van der Waals surface area contributed by atoms with Crippen LogP contribution in [-0.4, -0.2) is 41.1 Å². The SMILES string of the molecule is CC(CN1CCCC1)Nc1snc(N)c1OC(C)C. The zero-order chi connectivity index (χ0) is 13.8. The summed E-state index contributed by atoms with van der Waals surface area (Å²) in [6, 6.07) is 0.368. The maximum absolute atomic E-state index is 5.85. The Labute approximate surface area is 119 Å². The normalized spacial score (nSPS) is 17.9. The molecule has 0 spiro atoms. The fourth-order valence-electron chi connectivity index (χ4n) is 2.36. The average molecular weight is 284 g/mol. The number of nitrogens with two attached hydrogens (primary N) is 1. The van der Waals surface area contributed by atoms with Gasteiger partial charge in [-0.15, -0.1) is 0 Å². The topological polar surface area (TPSA) is 63.4 Å². The molecule has 1 aromatic heterocycles. The Morgan fingerprint density at radius 3 is 2.68 bits per heavy atom. The van der Waals surface area contributed by atoms with E-state index in [1.54, 1.807) is 0 Å². The molecule has 1 atom stereocenters. The van der Waals surface area contributed by atoms with Crippen molar-refractivity contribution in [2.24, 2.45) is 0 Å². The molecule has 1 fully saturated rings. The summed E-state index contributed by atoms with van der Waals surface area (Å²) in [6.45, 7) is 9.66. The van der Waals surface area contributed by atoms with E-state index in [1.165, 1.54) is 37.5 Å². The van der Waals surface area contributed by atoms with E-state index in [-0.39, 0.29) is 6.10 Å². The largest absolute Gasteiger partial charge is 0.484 e. The van der Waals surface area contributed by atoms with Gasteiger partial charge in [-0.05, 0) is 58.2 Å². The quantitative estimate of drug-likeness (QED) is 0.840. The number of ether oxygens (including phenoxy) is 1. The maximum atomic E-state index is 5.85. The Morgan fingerprint density at radius 2 is 2.05 bits per heavy atom. The van der Waals surface area contributed by atoms with E-state index in [0.717, 1.165) is 11.5 Å². The first-order chi connectivity index (χ1) is 9.06. The molecule has 1 aliphatic rings. The molecular weight excluding hydrogens is 260 g/mol. The molecule has 0 bridgehead atoms. The molecule has 3 N–H and O–H groups in total. The predicted molar refractivity (Wildman–Crippen MR) is 81.0 cm³/mol. The van der Waals surface area contributed by atoms with Gasteiger partial charge in [0, 0.05) is 12.6 Å². The van der Waals surface area contributed by atoms with Crippen LogP contribution in [-0.2, 0) is 0 Å². The molecule has 1 unspecified atom stereocenters. The van der Waals surface area contributed by atoms with Crippen molar-refractivity contribution in [2.45, 2.75) is 45.8 Å². The van der Waals surface area contributed by atoms with Gasteiger partial charge in [-0.3, -0.25) is 0 Å². The van der Waals surface area contributed by atoms with Gasteiger partial charge in [0.05, 0.1) is 6.10 Å². The molecule has 0 amide bonds. The Kier molecular flexibility index (Phi) is 4.87. The molecule has 108 valence electrons. The van der Waals surface area contributed by atoms with Gasteiger partial charge < -0.3 is 20.7 Å². The van der Waals surface area contributed by atoms with Crippen molar-refractivity contribution >= 4 is 22.4 Å². The van der Waals surface area contributed by atoms with E-state index in [0.29, 0.717) is 17.6 Å². The second-order valence-corrected chi connectivity index (χ2v) is 6.22. The van der Waals surface area contributed by atoms with Crippen LogP contribution >= 0.6 is 11.5 Å². The van der Waals surface area contributed by atoms with E-state index < -0.39 is 0 Å². The summed E-state index contributed by atoms with van der Waals surface area (Å²) in [5, 5.41) is 4.42. The third kappa shape index (κ3) is 3.98. The molecule has 1 aromatic rings. The van der Waals surface area contributed by atoms with Crippen LogP contribution in [0.5, 0.6) is 5.75 Å². The molecule has 0 aliphatic carbocycles. The smallest absolute Gasteiger partial charge is 0.197 e. The van der Waals surface area contributed by atoms with Crippen molar-refractivity contribution in [2.75, 3.05) is 30.7 Å². The van der Waals surface area contributed by atoms with E-state index >= 15 is 0 Å². The van der Waals surface area contributed by atoms with E-state index in [1.807, 2.05) is 13.8 Å². The molecule has 2 rings (SSSR count). The third-order valence-electron chi connectivity index (χ3n) is 3.14. The van der Waals surface area contributed by atoms with Gasteiger partial charge in [0.1, 0.15) is 0 Å². The lowest BCUT2D eigenvalue weighted by atomic mass is 10.3. The molecule has 2 heterocycles.